The van der Waals surface area contributed by atoms with Crippen LogP contribution in [0.25, 0.3) is 0 Å². The number of carbonyl (C=O) groups excluding carboxylic acids is 2. The van der Waals surface area contributed by atoms with Gasteiger partial charge in [0.25, 0.3) is 0 Å². The van der Waals surface area contributed by atoms with Crippen molar-refractivity contribution in [3.8, 4) is 0 Å². The summed E-state index contributed by atoms with van der Waals surface area (Å²) >= 11 is 0. The Morgan fingerprint density at radius 3 is 2.19 bits per heavy atom. The molecule has 2 amide bonds. The summed E-state index contributed by atoms with van der Waals surface area (Å²) in [5.41, 5.74) is 2.10. The monoisotopic (exact) mass is 367 g/mol. The number of nitrogens with zero attached hydrogens (tertiary/aromatic N) is 1. The molecule has 1 heterocycles. The van der Waals surface area contributed by atoms with Crippen molar-refractivity contribution in [2.45, 2.75) is 25.3 Å². The Morgan fingerprint density at radius 2 is 1.67 bits per heavy atom. The van der Waals surface area contributed by atoms with Crippen LogP contribution >= 0.6 is 0 Å². The first-order valence-corrected chi connectivity index (χ1v) is 9.19. The van der Waals surface area contributed by atoms with Gasteiger partial charge in [-0.15, -0.1) is 0 Å². The maximum atomic E-state index is 12.9. The third kappa shape index (κ3) is 4.37. The van der Waals surface area contributed by atoms with Crippen molar-refractivity contribution in [1.29, 1.82) is 0 Å². The summed E-state index contributed by atoms with van der Waals surface area (Å²) in [5, 5.41) is 0. The number of hydrogen-bond acceptors (Lipinski definition) is 4. The minimum absolute atomic E-state index is 0.0310. The molecule has 0 aliphatic carbocycles. The molecule has 142 valence electrons. The first-order valence-electron chi connectivity index (χ1n) is 9.19. The van der Waals surface area contributed by atoms with Crippen LogP contribution in [0.1, 0.15) is 30.4 Å². The minimum atomic E-state index is -0.563. The van der Waals surface area contributed by atoms with Gasteiger partial charge in [0.05, 0.1) is 6.04 Å². The zero-order valence-corrected chi connectivity index (χ0v) is 15.7. The molecule has 1 saturated heterocycles. The van der Waals surface area contributed by atoms with Gasteiger partial charge < -0.3 is 9.47 Å². The van der Waals surface area contributed by atoms with Crippen LogP contribution in [0.4, 0.5) is 4.79 Å². The highest BCUT2D eigenvalue weighted by Crippen LogP contribution is 2.34. The SMILES string of the molecule is COC[C@@H](C)CC(=O)N1C(=O)OC[C@H]1C(c1ccccc1)c1ccccc1. The summed E-state index contributed by atoms with van der Waals surface area (Å²) in [4.78, 5) is 26.6. The van der Waals surface area contributed by atoms with Crippen LogP contribution in [-0.4, -0.2) is 43.3 Å². The largest absolute Gasteiger partial charge is 0.447 e. The van der Waals surface area contributed by atoms with Gasteiger partial charge in [0.1, 0.15) is 6.61 Å². The van der Waals surface area contributed by atoms with E-state index in [1.807, 2.05) is 67.6 Å². The van der Waals surface area contributed by atoms with Crippen LogP contribution in [0.5, 0.6) is 0 Å². The van der Waals surface area contributed by atoms with E-state index in [4.69, 9.17) is 9.47 Å². The van der Waals surface area contributed by atoms with Crippen LogP contribution < -0.4 is 0 Å². The van der Waals surface area contributed by atoms with Crippen molar-refractivity contribution in [1.82, 2.24) is 4.90 Å². The molecule has 27 heavy (non-hydrogen) atoms. The van der Waals surface area contributed by atoms with Crippen molar-refractivity contribution in [2.24, 2.45) is 5.92 Å². The molecule has 0 spiro atoms. The van der Waals surface area contributed by atoms with Gasteiger partial charge in [-0.05, 0) is 17.0 Å². The normalized spacial score (nSPS) is 17.8. The lowest BCUT2D eigenvalue weighted by Gasteiger charge is -2.29. The standard InChI is InChI=1S/C22H25NO4/c1-16(14-26-2)13-20(24)23-19(15-27-22(23)25)21(17-9-5-3-6-10-17)18-11-7-4-8-12-18/h3-12,16,19,21H,13-15H2,1-2H3/t16-,19-/m0/s1. The third-order valence-electron chi connectivity index (χ3n) is 4.85. The fourth-order valence-electron chi connectivity index (χ4n) is 3.67. The lowest BCUT2D eigenvalue weighted by molar-refractivity contribution is -0.130. The van der Waals surface area contributed by atoms with Gasteiger partial charge in [-0.2, -0.15) is 0 Å². The van der Waals surface area contributed by atoms with Gasteiger partial charge in [-0.3, -0.25) is 4.79 Å². The zero-order chi connectivity index (χ0) is 19.2. The van der Waals surface area contributed by atoms with E-state index in [2.05, 4.69) is 0 Å². The number of imide groups is 1. The van der Waals surface area contributed by atoms with E-state index in [-0.39, 0.29) is 36.8 Å². The highest BCUT2D eigenvalue weighted by atomic mass is 16.6. The second kappa shape index (κ2) is 8.82. The van der Waals surface area contributed by atoms with Crippen LogP contribution in [0.15, 0.2) is 60.7 Å². The first kappa shape index (κ1) is 19.1. The van der Waals surface area contributed by atoms with E-state index in [1.165, 1.54) is 4.90 Å². The average Bonchev–Trinajstić information content (AvgIpc) is 3.05. The summed E-state index contributed by atoms with van der Waals surface area (Å²) in [5.74, 6) is -0.326. The maximum absolute atomic E-state index is 12.9. The predicted molar refractivity (Wildman–Crippen MR) is 102 cm³/mol. The quantitative estimate of drug-likeness (QED) is 0.746. The van der Waals surface area contributed by atoms with Crippen molar-refractivity contribution in [3.05, 3.63) is 71.8 Å². The molecular weight excluding hydrogens is 342 g/mol. The van der Waals surface area contributed by atoms with E-state index in [9.17, 15) is 9.59 Å². The fraction of sp³-hybridized carbons (Fsp3) is 0.364. The van der Waals surface area contributed by atoms with E-state index < -0.39 is 6.09 Å². The highest BCUT2D eigenvalue weighted by Gasteiger charge is 2.43. The van der Waals surface area contributed by atoms with Crippen LogP contribution in [0.2, 0.25) is 0 Å². The van der Waals surface area contributed by atoms with Gasteiger partial charge in [-0.1, -0.05) is 67.6 Å². The molecule has 0 unspecified atom stereocenters. The van der Waals surface area contributed by atoms with Gasteiger partial charge in [0, 0.05) is 26.1 Å². The van der Waals surface area contributed by atoms with Crippen LogP contribution in [0.3, 0.4) is 0 Å². The maximum Gasteiger partial charge on any atom is 0.417 e. The Morgan fingerprint density at radius 1 is 1.11 bits per heavy atom. The molecular formula is C22H25NO4. The van der Waals surface area contributed by atoms with Crippen LogP contribution in [-0.2, 0) is 14.3 Å². The van der Waals surface area contributed by atoms with E-state index >= 15 is 0 Å². The number of rotatable bonds is 7. The van der Waals surface area contributed by atoms with Crippen molar-refractivity contribution < 1.29 is 19.1 Å². The second-order valence-electron chi connectivity index (χ2n) is 6.97. The lowest BCUT2D eigenvalue weighted by Crippen LogP contribution is -2.43. The Balaban J connectivity index is 1.93. The van der Waals surface area contributed by atoms with Gasteiger partial charge in [-0.25, -0.2) is 9.69 Å². The molecule has 2 aromatic rings. The van der Waals surface area contributed by atoms with Crippen molar-refractivity contribution in [2.75, 3.05) is 20.3 Å². The smallest absolute Gasteiger partial charge is 0.417 e. The Hall–Kier alpha value is -2.66. The summed E-state index contributed by atoms with van der Waals surface area (Å²) in [6.45, 7) is 2.60. The summed E-state index contributed by atoms with van der Waals surface area (Å²) < 4.78 is 10.4. The molecule has 1 aliphatic rings. The Labute approximate surface area is 159 Å². The molecule has 0 aromatic heterocycles. The molecule has 3 rings (SSSR count). The molecule has 5 nitrogen and oxygen atoms in total. The number of amides is 2. The number of carbonyl (C=O) groups is 2. The number of benzene rings is 2. The highest BCUT2D eigenvalue weighted by molar-refractivity contribution is 5.94. The number of hydrogen-bond donors (Lipinski definition) is 0. The molecule has 0 N–H and O–H groups in total. The number of ether oxygens (including phenoxy) is 2. The van der Waals surface area contributed by atoms with E-state index in [0.29, 0.717) is 6.61 Å². The molecule has 5 heteroatoms. The van der Waals surface area contributed by atoms with Crippen molar-refractivity contribution >= 4 is 12.0 Å². The third-order valence-corrected chi connectivity index (χ3v) is 4.85. The van der Waals surface area contributed by atoms with E-state index in [1.54, 1.807) is 7.11 Å². The Bertz CT molecular complexity index is 723. The molecule has 1 fully saturated rings. The van der Waals surface area contributed by atoms with Gasteiger partial charge >= 0.3 is 6.09 Å². The first-order chi connectivity index (χ1) is 13.1. The molecule has 0 bridgehead atoms. The average molecular weight is 367 g/mol. The summed E-state index contributed by atoms with van der Waals surface area (Å²) in [7, 11) is 1.61. The fourth-order valence-corrected chi connectivity index (χ4v) is 3.67. The second-order valence-corrected chi connectivity index (χ2v) is 6.97. The summed E-state index contributed by atoms with van der Waals surface area (Å²) in [6, 6.07) is 19.5. The molecule has 2 atom stereocenters. The van der Waals surface area contributed by atoms with Gasteiger partial charge in [0.2, 0.25) is 5.91 Å². The topological polar surface area (TPSA) is 55.8 Å². The summed E-state index contributed by atoms with van der Waals surface area (Å²) in [6.07, 6.45) is -0.318. The predicted octanol–water partition coefficient (Wildman–Crippen LogP) is 3.84. The molecule has 1 aliphatic heterocycles. The minimum Gasteiger partial charge on any atom is -0.447 e. The number of cyclic esters (lactones) is 1. The molecule has 0 radical (unpaired) electrons. The Kier molecular flexibility index (Phi) is 6.24. The number of methoxy groups -OCH3 is 1. The molecule has 2 aromatic carbocycles. The van der Waals surface area contributed by atoms with Crippen LogP contribution in [0, 0.1) is 5.92 Å². The molecule has 0 saturated carbocycles. The van der Waals surface area contributed by atoms with E-state index in [0.717, 1.165) is 11.1 Å². The van der Waals surface area contributed by atoms with Crippen molar-refractivity contribution in [3.63, 3.8) is 0 Å². The van der Waals surface area contributed by atoms with Gasteiger partial charge in [0.15, 0.2) is 0 Å². The zero-order valence-electron chi connectivity index (χ0n) is 15.7. The lowest BCUT2D eigenvalue weighted by atomic mass is 9.84.